The maximum Gasteiger partial charge on any atom is 0.345 e. The van der Waals surface area contributed by atoms with Crippen LogP contribution in [-0.4, -0.2) is 44.3 Å². The summed E-state index contributed by atoms with van der Waals surface area (Å²) in [4.78, 5) is 28.7. The van der Waals surface area contributed by atoms with Crippen molar-refractivity contribution in [2.45, 2.75) is 44.1 Å². The number of hydrogen-bond donors (Lipinski definition) is 1. The molecule has 3 heterocycles. The zero-order valence-corrected chi connectivity index (χ0v) is 21.6. The number of pyridine rings is 1. The second-order valence-electron chi connectivity index (χ2n) is 9.32. The lowest BCUT2D eigenvalue weighted by Gasteiger charge is -2.28. The first-order valence-electron chi connectivity index (χ1n) is 12.7. The summed E-state index contributed by atoms with van der Waals surface area (Å²) in [7, 11) is 0. The summed E-state index contributed by atoms with van der Waals surface area (Å²) in [6.45, 7) is 2.67. The molecule has 0 aliphatic carbocycles. The van der Waals surface area contributed by atoms with Gasteiger partial charge >= 0.3 is 5.97 Å². The van der Waals surface area contributed by atoms with Crippen molar-refractivity contribution in [1.29, 1.82) is 0 Å². The average Bonchev–Trinajstić information content (AvgIpc) is 2.96. The van der Waals surface area contributed by atoms with Gasteiger partial charge in [0.05, 0.1) is 11.9 Å². The molecule has 7 nitrogen and oxygen atoms in total. The van der Waals surface area contributed by atoms with Crippen LogP contribution in [0.1, 0.15) is 41.5 Å². The van der Waals surface area contributed by atoms with Gasteiger partial charge in [0.2, 0.25) is 6.17 Å². The second-order valence-corrected chi connectivity index (χ2v) is 9.94. The van der Waals surface area contributed by atoms with Gasteiger partial charge in [-0.05, 0) is 36.1 Å². The van der Waals surface area contributed by atoms with Gasteiger partial charge in [0.15, 0.2) is 5.65 Å². The molecule has 0 bridgehead atoms. The minimum atomic E-state index is -1.90. The lowest BCUT2D eigenvalue weighted by Crippen LogP contribution is -2.34. The van der Waals surface area contributed by atoms with Gasteiger partial charge in [-0.15, -0.1) is 11.6 Å². The van der Waals surface area contributed by atoms with E-state index in [-0.39, 0.29) is 24.1 Å². The molecular formula is C29H29ClFN5O2. The molecule has 0 amide bonds. The van der Waals surface area contributed by atoms with Crippen molar-refractivity contribution in [3.8, 4) is 0 Å². The van der Waals surface area contributed by atoms with E-state index in [0.717, 1.165) is 36.9 Å². The van der Waals surface area contributed by atoms with E-state index in [9.17, 15) is 4.79 Å². The van der Waals surface area contributed by atoms with Crippen molar-refractivity contribution in [3.05, 3.63) is 95.4 Å². The smallest absolute Gasteiger partial charge is 0.345 e. The van der Waals surface area contributed by atoms with E-state index in [1.54, 1.807) is 24.4 Å². The largest absolute Gasteiger partial charge is 0.458 e. The van der Waals surface area contributed by atoms with Gasteiger partial charge in [-0.2, -0.15) is 0 Å². The lowest BCUT2D eigenvalue weighted by atomic mass is 10.0. The number of aromatic nitrogens is 3. The Morgan fingerprint density at radius 2 is 1.82 bits per heavy atom. The molecule has 1 aliphatic heterocycles. The van der Waals surface area contributed by atoms with Crippen molar-refractivity contribution in [2.24, 2.45) is 0 Å². The Balaban J connectivity index is 1.31. The number of likely N-dealkylation sites (tertiary alicyclic amines) is 1. The topological polar surface area (TPSA) is 80.2 Å². The maximum atomic E-state index is 15.3. The quantitative estimate of drug-likeness (QED) is 0.222. The average molecular weight is 534 g/mol. The van der Waals surface area contributed by atoms with Crippen molar-refractivity contribution < 1.29 is 13.9 Å². The molecule has 1 atom stereocenters. The number of piperidine rings is 1. The Morgan fingerprint density at radius 1 is 1.05 bits per heavy atom. The van der Waals surface area contributed by atoms with E-state index in [4.69, 9.17) is 21.3 Å². The number of carbonyl (C=O) groups excluding carboxylic acids is 1. The summed E-state index contributed by atoms with van der Waals surface area (Å²) in [6.07, 6.45) is 1.67. The molecule has 2 aromatic heterocycles. The number of nitrogens with one attached hydrogen (secondary N) is 1. The molecule has 196 valence electrons. The summed E-state index contributed by atoms with van der Waals surface area (Å²) in [5, 5.41) is 4.32. The Morgan fingerprint density at radius 3 is 2.63 bits per heavy atom. The molecule has 2 aromatic carbocycles. The first kappa shape index (κ1) is 26.0. The number of anilines is 1. The van der Waals surface area contributed by atoms with Crippen LogP contribution < -0.4 is 5.32 Å². The zero-order valence-electron chi connectivity index (χ0n) is 20.9. The van der Waals surface area contributed by atoms with Crippen LogP contribution in [0.25, 0.3) is 11.0 Å². The summed E-state index contributed by atoms with van der Waals surface area (Å²) in [5.41, 5.74) is 2.29. The third kappa shape index (κ3) is 6.44. The molecule has 0 spiro atoms. The Bertz CT molecular complexity index is 1380. The van der Waals surface area contributed by atoms with E-state index >= 15 is 4.39 Å². The summed E-state index contributed by atoms with van der Waals surface area (Å²) < 4.78 is 20.5. The molecule has 1 aliphatic rings. The first-order chi connectivity index (χ1) is 18.6. The van der Waals surface area contributed by atoms with Crippen LogP contribution in [0.4, 0.5) is 10.2 Å². The molecule has 1 fully saturated rings. The molecular weight excluding hydrogens is 505 g/mol. The summed E-state index contributed by atoms with van der Waals surface area (Å²) >= 11 is 6.25. The highest BCUT2D eigenvalue weighted by Crippen LogP contribution is 2.26. The fourth-order valence-corrected chi connectivity index (χ4v) is 4.72. The maximum absolute atomic E-state index is 15.3. The third-order valence-corrected chi connectivity index (χ3v) is 7.04. The van der Waals surface area contributed by atoms with Crippen LogP contribution in [0.15, 0.2) is 72.9 Å². The molecule has 1 saturated heterocycles. The minimum Gasteiger partial charge on any atom is -0.458 e. The van der Waals surface area contributed by atoms with Crippen LogP contribution in [0.2, 0.25) is 0 Å². The predicted octanol–water partition coefficient (Wildman–Crippen LogP) is 5.59. The van der Waals surface area contributed by atoms with Gasteiger partial charge < -0.3 is 10.1 Å². The summed E-state index contributed by atoms with van der Waals surface area (Å²) in [6, 6.07) is 19.9. The predicted molar refractivity (Wildman–Crippen MR) is 145 cm³/mol. The lowest BCUT2D eigenvalue weighted by molar-refractivity contribution is -0.151. The van der Waals surface area contributed by atoms with E-state index < -0.39 is 12.1 Å². The fourth-order valence-electron chi connectivity index (χ4n) is 4.52. The third-order valence-electron chi connectivity index (χ3n) is 6.61. The second kappa shape index (κ2) is 12.3. The number of fused-ring (bicyclic) bond motifs is 1. The molecule has 9 heteroatoms. The van der Waals surface area contributed by atoms with Gasteiger partial charge in [-0.25, -0.2) is 24.1 Å². The fraction of sp³-hybridized carbons (Fsp3) is 0.310. The number of halogens is 2. The number of nitrogens with zero attached hydrogens (tertiary/aromatic N) is 4. The summed E-state index contributed by atoms with van der Waals surface area (Å²) in [5.74, 6) is 0.357. The highest BCUT2D eigenvalue weighted by molar-refractivity contribution is 6.20. The molecule has 1 N–H and O–H groups in total. The van der Waals surface area contributed by atoms with E-state index in [2.05, 4.69) is 20.2 Å². The van der Waals surface area contributed by atoms with Crippen LogP contribution in [-0.2, 0) is 29.2 Å². The molecule has 4 aromatic rings. The van der Waals surface area contributed by atoms with Crippen molar-refractivity contribution in [2.75, 3.05) is 18.4 Å². The van der Waals surface area contributed by atoms with Gasteiger partial charge in [-0.1, -0.05) is 54.6 Å². The van der Waals surface area contributed by atoms with Gasteiger partial charge in [-0.3, -0.25) is 4.90 Å². The van der Waals surface area contributed by atoms with Crippen molar-refractivity contribution in [1.82, 2.24) is 19.9 Å². The SMILES string of the molecule is O=C(OCc1ccccc1)C(F)c1ccccc1CNc1nc(CN2CCC(Cl)CC2)nc2ncccc12. The number of rotatable bonds is 9. The van der Waals surface area contributed by atoms with Crippen LogP contribution >= 0.6 is 11.6 Å². The van der Waals surface area contributed by atoms with Crippen LogP contribution in [0.3, 0.4) is 0 Å². The number of carbonyl (C=O) groups is 1. The number of esters is 1. The number of benzene rings is 2. The van der Waals surface area contributed by atoms with Gasteiger partial charge in [0.1, 0.15) is 18.2 Å². The number of alkyl halides is 2. The number of ether oxygens (including phenoxy) is 1. The van der Waals surface area contributed by atoms with E-state index in [1.807, 2.05) is 48.5 Å². The van der Waals surface area contributed by atoms with Gasteiger partial charge in [0, 0.05) is 36.8 Å². The number of hydrogen-bond acceptors (Lipinski definition) is 7. The first-order valence-corrected chi connectivity index (χ1v) is 13.1. The Labute approximate surface area is 226 Å². The minimum absolute atomic E-state index is 0.0196. The highest BCUT2D eigenvalue weighted by atomic mass is 35.5. The Hall–Kier alpha value is -3.62. The molecule has 38 heavy (non-hydrogen) atoms. The van der Waals surface area contributed by atoms with Crippen molar-refractivity contribution >= 4 is 34.4 Å². The molecule has 5 rings (SSSR count). The zero-order chi connectivity index (χ0) is 26.3. The molecule has 0 saturated carbocycles. The van der Waals surface area contributed by atoms with Crippen LogP contribution in [0, 0.1) is 0 Å². The van der Waals surface area contributed by atoms with Crippen molar-refractivity contribution in [3.63, 3.8) is 0 Å². The van der Waals surface area contributed by atoms with Gasteiger partial charge in [0.25, 0.3) is 0 Å². The Kier molecular flexibility index (Phi) is 8.41. The monoisotopic (exact) mass is 533 g/mol. The molecule has 1 unspecified atom stereocenters. The highest BCUT2D eigenvalue weighted by Gasteiger charge is 2.24. The standard InChI is InChI=1S/C29H29ClFN5O2/c30-22-12-15-36(16-13-22)18-25-34-27-24(11-6-14-32-27)28(35-25)33-17-21-9-4-5-10-23(21)26(31)29(37)38-19-20-7-2-1-3-8-20/h1-11,14,22,26H,12-13,15-19H2,(H,32,33,34,35). The van der Waals surface area contributed by atoms with E-state index in [1.165, 1.54) is 0 Å². The normalized spacial score (nSPS) is 15.3. The van der Waals surface area contributed by atoms with E-state index in [0.29, 0.717) is 29.4 Å². The van der Waals surface area contributed by atoms with Crippen LogP contribution in [0.5, 0.6) is 0 Å². The molecule has 0 radical (unpaired) electrons.